The molecule has 0 bridgehead atoms. The molecule has 0 N–H and O–H groups in total. The molecular weight excluding hydrogens is 149 g/mol. The van der Waals surface area contributed by atoms with Gasteiger partial charge in [0.05, 0.1) is 28.2 Å². The van der Waals surface area contributed by atoms with Crippen LogP contribution >= 0.6 is 0 Å². The first kappa shape index (κ1) is 14.5. The normalized spacial score (nSPS) is 10.4. The van der Waals surface area contributed by atoms with E-state index in [1.807, 2.05) is 0 Å². The summed E-state index contributed by atoms with van der Waals surface area (Å²) in [5, 5.41) is 0. The Morgan fingerprint density at radius 1 is 1.08 bits per heavy atom. The SMILES string of the molecule is BOCCCCC.C[N+](C)(C)C. The van der Waals surface area contributed by atoms with E-state index in [1.165, 1.54) is 19.3 Å². The highest BCUT2D eigenvalue weighted by Crippen LogP contribution is 1.91. The van der Waals surface area contributed by atoms with Crippen molar-refractivity contribution in [2.24, 2.45) is 0 Å². The summed E-state index contributed by atoms with van der Waals surface area (Å²) in [6.45, 7) is 3.11. The van der Waals surface area contributed by atoms with Crippen molar-refractivity contribution in [3.63, 3.8) is 0 Å². The molecular formula is C9H25BNO+. The van der Waals surface area contributed by atoms with E-state index in [9.17, 15) is 0 Å². The van der Waals surface area contributed by atoms with Gasteiger partial charge in [0.15, 0.2) is 0 Å². The molecule has 0 aromatic carbocycles. The molecule has 0 aromatic rings. The number of unbranched alkanes of at least 4 members (excludes halogenated alkanes) is 2. The number of hydrogen-bond donors (Lipinski definition) is 0. The van der Waals surface area contributed by atoms with Crippen LogP contribution in [0, 0.1) is 0 Å². The van der Waals surface area contributed by atoms with Crippen molar-refractivity contribution >= 4 is 8.05 Å². The van der Waals surface area contributed by atoms with Gasteiger partial charge in [0.2, 0.25) is 0 Å². The van der Waals surface area contributed by atoms with Crippen LogP contribution in [0.4, 0.5) is 0 Å². The Kier molecular flexibility index (Phi) is 11.0. The van der Waals surface area contributed by atoms with Gasteiger partial charge in [0.1, 0.15) is 0 Å². The van der Waals surface area contributed by atoms with Crippen LogP contribution in [0.5, 0.6) is 0 Å². The largest absolute Gasteiger partial charge is 0.444 e. The van der Waals surface area contributed by atoms with E-state index in [-0.39, 0.29) is 0 Å². The highest BCUT2D eigenvalue weighted by molar-refractivity contribution is 5.97. The van der Waals surface area contributed by atoms with E-state index in [0.29, 0.717) is 0 Å². The molecule has 0 radical (unpaired) electrons. The maximum absolute atomic E-state index is 4.84. The van der Waals surface area contributed by atoms with Crippen molar-refractivity contribution < 1.29 is 9.14 Å². The molecule has 0 fully saturated rings. The molecule has 0 amide bonds. The molecule has 0 aliphatic rings. The molecule has 0 spiro atoms. The van der Waals surface area contributed by atoms with Crippen molar-refractivity contribution in [2.75, 3.05) is 34.8 Å². The van der Waals surface area contributed by atoms with Crippen LogP contribution < -0.4 is 0 Å². The maximum atomic E-state index is 4.84. The third-order valence-electron chi connectivity index (χ3n) is 0.952. The molecule has 12 heavy (non-hydrogen) atoms. The van der Waals surface area contributed by atoms with Gasteiger partial charge in [-0.3, -0.25) is 0 Å². The fourth-order valence-electron chi connectivity index (χ4n) is 0.496. The fraction of sp³-hybridized carbons (Fsp3) is 1.00. The highest BCUT2D eigenvalue weighted by Gasteiger charge is 1.88. The zero-order valence-corrected chi connectivity index (χ0v) is 9.68. The molecule has 0 aliphatic carbocycles. The second kappa shape index (κ2) is 9.08. The van der Waals surface area contributed by atoms with E-state index < -0.39 is 0 Å². The number of hydrogen-bond acceptors (Lipinski definition) is 1. The lowest BCUT2D eigenvalue weighted by Gasteiger charge is -2.14. The standard InChI is InChI=1S/C5H13BO.C4H12N/c1-2-3-4-5-7-6;1-5(2,3)4/h2-6H2,1H3;1-4H3/q;+1. The quantitative estimate of drug-likeness (QED) is 0.352. The summed E-state index contributed by atoms with van der Waals surface area (Å²) in [7, 11) is 10.2. The Morgan fingerprint density at radius 2 is 1.50 bits per heavy atom. The van der Waals surface area contributed by atoms with Crippen molar-refractivity contribution in [2.45, 2.75) is 26.2 Å². The van der Waals surface area contributed by atoms with Gasteiger partial charge < -0.3 is 9.14 Å². The van der Waals surface area contributed by atoms with Crippen molar-refractivity contribution in [1.29, 1.82) is 0 Å². The van der Waals surface area contributed by atoms with Crippen LogP contribution in [0.15, 0.2) is 0 Å². The monoisotopic (exact) mass is 174 g/mol. The maximum Gasteiger partial charge on any atom is 0.257 e. The topological polar surface area (TPSA) is 9.23 Å². The summed E-state index contributed by atoms with van der Waals surface area (Å²) >= 11 is 0. The van der Waals surface area contributed by atoms with Crippen molar-refractivity contribution in [3.8, 4) is 0 Å². The van der Waals surface area contributed by atoms with Gasteiger partial charge in [-0.25, -0.2) is 0 Å². The number of quaternary nitrogens is 1. The lowest BCUT2D eigenvalue weighted by molar-refractivity contribution is -0.849. The van der Waals surface area contributed by atoms with Gasteiger partial charge >= 0.3 is 0 Å². The Hall–Kier alpha value is -0.0151. The minimum atomic E-state index is 0.924. The van der Waals surface area contributed by atoms with E-state index in [0.717, 1.165) is 11.1 Å². The number of rotatable bonds is 4. The van der Waals surface area contributed by atoms with Gasteiger partial charge in [0, 0.05) is 6.61 Å². The predicted molar refractivity (Wildman–Crippen MR) is 58.0 cm³/mol. The summed E-state index contributed by atoms with van der Waals surface area (Å²) < 4.78 is 5.84. The fourth-order valence-corrected chi connectivity index (χ4v) is 0.496. The average molecular weight is 174 g/mol. The first-order valence-electron chi connectivity index (χ1n) is 4.69. The molecule has 0 aromatic heterocycles. The Balaban J connectivity index is 0. The Bertz CT molecular complexity index is 71.1. The molecule has 3 heteroatoms. The lowest BCUT2D eigenvalue weighted by Crippen LogP contribution is -2.27. The molecule has 0 rings (SSSR count). The summed E-state index contributed by atoms with van der Waals surface area (Å²) in [6.07, 6.45) is 3.80. The Morgan fingerprint density at radius 3 is 1.75 bits per heavy atom. The van der Waals surface area contributed by atoms with Gasteiger partial charge in [-0.1, -0.05) is 19.8 Å². The van der Waals surface area contributed by atoms with E-state index >= 15 is 0 Å². The zero-order chi connectivity index (χ0) is 10.0. The smallest absolute Gasteiger partial charge is 0.257 e. The second-order valence-electron chi connectivity index (χ2n) is 4.38. The van der Waals surface area contributed by atoms with Crippen LogP contribution in [0.25, 0.3) is 0 Å². The van der Waals surface area contributed by atoms with Crippen LogP contribution in [0.3, 0.4) is 0 Å². The third-order valence-corrected chi connectivity index (χ3v) is 0.952. The molecule has 0 atom stereocenters. The molecule has 2 nitrogen and oxygen atoms in total. The second-order valence-corrected chi connectivity index (χ2v) is 4.38. The molecule has 0 heterocycles. The van der Waals surface area contributed by atoms with E-state index in [1.54, 1.807) is 8.05 Å². The molecule has 0 saturated heterocycles. The summed E-state index contributed by atoms with van der Waals surface area (Å²) in [5.74, 6) is 0. The van der Waals surface area contributed by atoms with Crippen LogP contribution in [-0.2, 0) is 4.65 Å². The predicted octanol–water partition coefficient (Wildman–Crippen LogP) is 1.06. The molecule has 74 valence electrons. The van der Waals surface area contributed by atoms with Gasteiger partial charge in [-0.2, -0.15) is 0 Å². The van der Waals surface area contributed by atoms with Gasteiger partial charge in [0.25, 0.3) is 8.05 Å². The van der Waals surface area contributed by atoms with Crippen LogP contribution in [0.2, 0.25) is 0 Å². The molecule has 0 aliphatic heterocycles. The zero-order valence-electron chi connectivity index (χ0n) is 9.68. The summed E-state index contributed by atoms with van der Waals surface area (Å²) in [6, 6.07) is 0. The van der Waals surface area contributed by atoms with Gasteiger partial charge in [-0.15, -0.1) is 0 Å². The van der Waals surface area contributed by atoms with Gasteiger partial charge in [-0.05, 0) is 6.42 Å². The van der Waals surface area contributed by atoms with Crippen molar-refractivity contribution in [1.82, 2.24) is 0 Å². The van der Waals surface area contributed by atoms with Crippen molar-refractivity contribution in [3.05, 3.63) is 0 Å². The first-order valence-corrected chi connectivity index (χ1v) is 4.69. The molecule has 0 saturated carbocycles. The highest BCUT2D eigenvalue weighted by atomic mass is 16.4. The minimum Gasteiger partial charge on any atom is -0.444 e. The summed E-state index contributed by atoms with van der Waals surface area (Å²) in [5.41, 5.74) is 0. The van der Waals surface area contributed by atoms with E-state index in [2.05, 4.69) is 35.1 Å². The molecule has 0 unspecified atom stereocenters. The summed E-state index contributed by atoms with van der Waals surface area (Å²) in [4.78, 5) is 0. The average Bonchev–Trinajstić information content (AvgIpc) is 1.85. The van der Waals surface area contributed by atoms with Crippen LogP contribution in [0.1, 0.15) is 26.2 Å². The van der Waals surface area contributed by atoms with Crippen LogP contribution in [-0.4, -0.2) is 47.3 Å². The minimum absolute atomic E-state index is 0.924. The Labute approximate surface area is 78.9 Å². The lowest BCUT2D eigenvalue weighted by atomic mass is 10.3. The third kappa shape index (κ3) is 50.8. The first-order chi connectivity index (χ1) is 5.41. The van der Waals surface area contributed by atoms with E-state index in [4.69, 9.17) is 4.65 Å². The number of nitrogens with zero attached hydrogens (tertiary/aromatic N) is 1.